The minimum Gasteiger partial charge on any atom is -0.451 e. The Hall–Kier alpha value is -2.95. The molecule has 0 aliphatic heterocycles. The van der Waals surface area contributed by atoms with Gasteiger partial charge in [0.25, 0.3) is 5.91 Å². The van der Waals surface area contributed by atoms with Gasteiger partial charge in [0, 0.05) is 6.20 Å². The van der Waals surface area contributed by atoms with Gasteiger partial charge in [-0.15, -0.1) is 0 Å². The van der Waals surface area contributed by atoms with Crippen molar-refractivity contribution in [3.63, 3.8) is 0 Å². The summed E-state index contributed by atoms with van der Waals surface area (Å²) in [6.07, 6.45) is 3.65. The standard InChI is InChI=1S/C11H9N5O5S/c1-6-2-13-7(3-12-6)10(18)21-5-8(17)15-11-14-4-9(22-11)16(19)20/h2-4H,5H2,1H3,(H,14,15,17). The maximum atomic E-state index is 11.6. The number of aryl methyl sites for hydroxylation is 1. The summed E-state index contributed by atoms with van der Waals surface area (Å²) in [7, 11) is 0. The van der Waals surface area contributed by atoms with E-state index in [1.54, 1.807) is 6.92 Å². The van der Waals surface area contributed by atoms with Gasteiger partial charge in [0.15, 0.2) is 17.4 Å². The molecule has 2 aromatic rings. The number of esters is 1. The maximum absolute atomic E-state index is 11.6. The lowest BCUT2D eigenvalue weighted by molar-refractivity contribution is -0.380. The first-order valence-electron chi connectivity index (χ1n) is 5.81. The zero-order valence-corrected chi connectivity index (χ0v) is 12.0. The first-order valence-corrected chi connectivity index (χ1v) is 6.63. The molecule has 0 spiro atoms. The highest BCUT2D eigenvalue weighted by Gasteiger charge is 2.15. The van der Waals surface area contributed by atoms with Crippen LogP contribution in [0.1, 0.15) is 16.2 Å². The molecule has 2 aromatic heterocycles. The summed E-state index contributed by atoms with van der Waals surface area (Å²) in [5, 5.41) is 12.6. The number of amides is 1. The predicted octanol–water partition coefficient (Wildman–Crippen LogP) is 0.945. The zero-order chi connectivity index (χ0) is 16.1. The van der Waals surface area contributed by atoms with E-state index < -0.39 is 23.4 Å². The summed E-state index contributed by atoms with van der Waals surface area (Å²) in [4.78, 5) is 44.4. The number of ether oxygens (including phenoxy) is 1. The zero-order valence-electron chi connectivity index (χ0n) is 11.2. The number of aromatic nitrogens is 3. The van der Waals surface area contributed by atoms with Crippen molar-refractivity contribution in [2.45, 2.75) is 6.92 Å². The topological polar surface area (TPSA) is 137 Å². The van der Waals surface area contributed by atoms with Crippen LogP contribution < -0.4 is 5.32 Å². The summed E-state index contributed by atoms with van der Waals surface area (Å²) in [5.41, 5.74) is 0.614. The van der Waals surface area contributed by atoms with Crippen molar-refractivity contribution in [1.82, 2.24) is 15.0 Å². The van der Waals surface area contributed by atoms with E-state index in [1.807, 2.05) is 0 Å². The fourth-order valence-electron chi connectivity index (χ4n) is 1.27. The number of carbonyl (C=O) groups excluding carboxylic acids is 2. The molecule has 22 heavy (non-hydrogen) atoms. The van der Waals surface area contributed by atoms with Gasteiger partial charge < -0.3 is 4.74 Å². The van der Waals surface area contributed by atoms with Crippen LogP contribution in [0.3, 0.4) is 0 Å². The smallest absolute Gasteiger partial charge is 0.359 e. The molecule has 0 saturated heterocycles. The molecule has 0 unspecified atom stereocenters. The second-order valence-corrected chi connectivity index (χ2v) is 4.94. The molecule has 1 N–H and O–H groups in total. The highest BCUT2D eigenvalue weighted by Crippen LogP contribution is 2.24. The highest BCUT2D eigenvalue weighted by molar-refractivity contribution is 7.18. The number of rotatable bonds is 5. The Morgan fingerprint density at radius 2 is 2.09 bits per heavy atom. The Bertz CT molecular complexity index is 714. The average Bonchev–Trinajstić information content (AvgIpc) is 2.94. The number of thiazole rings is 1. The Morgan fingerprint density at radius 3 is 2.68 bits per heavy atom. The quantitative estimate of drug-likeness (QED) is 0.487. The molecule has 11 heteroatoms. The molecule has 0 fully saturated rings. The molecule has 0 atom stereocenters. The van der Waals surface area contributed by atoms with E-state index in [2.05, 4.69) is 20.3 Å². The Balaban J connectivity index is 1.85. The molecule has 2 heterocycles. The molecule has 0 aromatic carbocycles. The number of carbonyl (C=O) groups is 2. The lowest BCUT2D eigenvalue weighted by Gasteiger charge is -2.03. The van der Waals surface area contributed by atoms with Gasteiger partial charge in [0.2, 0.25) is 0 Å². The fraction of sp³-hybridized carbons (Fsp3) is 0.182. The molecular weight excluding hydrogens is 314 g/mol. The Labute approximate surface area is 127 Å². The minimum atomic E-state index is -0.798. The van der Waals surface area contributed by atoms with Crippen molar-refractivity contribution in [3.05, 3.63) is 40.1 Å². The molecule has 0 saturated carbocycles. The first-order chi connectivity index (χ1) is 10.5. The van der Waals surface area contributed by atoms with Gasteiger partial charge in [-0.3, -0.25) is 25.2 Å². The second-order valence-electron chi connectivity index (χ2n) is 3.93. The van der Waals surface area contributed by atoms with Crippen LogP contribution in [0.2, 0.25) is 0 Å². The number of nitrogens with zero attached hydrogens (tertiary/aromatic N) is 4. The van der Waals surface area contributed by atoms with E-state index in [-0.39, 0.29) is 15.8 Å². The van der Waals surface area contributed by atoms with Crippen LogP contribution in [0.15, 0.2) is 18.6 Å². The molecule has 10 nitrogen and oxygen atoms in total. The van der Waals surface area contributed by atoms with Crippen LogP contribution in [0.4, 0.5) is 10.1 Å². The lowest BCUT2D eigenvalue weighted by Crippen LogP contribution is -2.21. The van der Waals surface area contributed by atoms with Gasteiger partial charge >= 0.3 is 11.0 Å². The first kappa shape index (κ1) is 15.4. The molecule has 1 amide bonds. The van der Waals surface area contributed by atoms with Gasteiger partial charge in [-0.2, -0.15) is 0 Å². The van der Waals surface area contributed by atoms with Gasteiger partial charge in [-0.1, -0.05) is 0 Å². The van der Waals surface area contributed by atoms with Crippen molar-refractivity contribution in [3.8, 4) is 0 Å². The van der Waals surface area contributed by atoms with Crippen LogP contribution >= 0.6 is 11.3 Å². The van der Waals surface area contributed by atoms with Crippen LogP contribution in [0.25, 0.3) is 0 Å². The Morgan fingerprint density at radius 1 is 1.32 bits per heavy atom. The van der Waals surface area contributed by atoms with Crippen molar-refractivity contribution < 1.29 is 19.2 Å². The molecule has 0 bridgehead atoms. The van der Waals surface area contributed by atoms with E-state index in [1.165, 1.54) is 12.4 Å². The molecule has 114 valence electrons. The largest absolute Gasteiger partial charge is 0.451 e. The van der Waals surface area contributed by atoms with Crippen LogP contribution in [0, 0.1) is 17.0 Å². The van der Waals surface area contributed by atoms with E-state index in [0.29, 0.717) is 17.0 Å². The lowest BCUT2D eigenvalue weighted by atomic mass is 10.4. The van der Waals surface area contributed by atoms with Crippen LogP contribution in [-0.2, 0) is 9.53 Å². The van der Waals surface area contributed by atoms with E-state index in [4.69, 9.17) is 4.74 Å². The third-order valence-corrected chi connectivity index (χ3v) is 3.11. The molecule has 0 aliphatic rings. The summed E-state index contributed by atoms with van der Waals surface area (Å²) in [5.74, 6) is -1.47. The predicted molar refractivity (Wildman–Crippen MR) is 74.4 cm³/mol. The fourth-order valence-corrected chi connectivity index (χ4v) is 1.91. The van der Waals surface area contributed by atoms with Gasteiger partial charge in [0.1, 0.15) is 6.20 Å². The summed E-state index contributed by atoms with van der Waals surface area (Å²) in [6.45, 7) is 1.14. The van der Waals surface area contributed by atoms with Crippen molar-refractivity contribution in [1.29, 1.82) is 0 Å². The summed E-state index contributed by atoms with van der Waals surface area (Å²) in [6, 6.07) is 0. The molecular formula is C11H9N5O5S. The van der Waals surface area contributed by atoms with E-state index in [0.717, 1.165) is 6.20 Å². The maximum Gasteiger partial charge on any atom is 0.359 e. The number of anilines is 1. The third kappa shape index (κ3) is 4.02. The SMILES string of the molecule is Cc1cnc(C(=O)OCC(=O)Nc2ncc([N+](=O)[O-])s2)cn1. The van der Waals surface area contributed by atoms with Crippen molar-refractivity contribution in [2.24, 2.45) is 0 Å². The number of hydrogen-bond acceptors (Lipinski definition) is 9. The molecule has 0 aliphatic carbocycles. The number of nitro groups is 1. The third-order valence-electron chi connectivity index (χ3n) is 2.24. The normalized spacial score (nSPS) is 10.0. The highest BCUT2D eigenvalue weighted by atomic mass is 32.1. The van der Waals surface area contributed by atoms with E-state index in [9.17, 15) is 19.7 Å². The van der Waals surface area contributed by atoms with Gasteiger partial charge in [0.05, 0.1) is 16.8 Å². The number of hydrogen-bond donors (Lipinski definition) is 1. The monoisotopic (exact) mass is 323 g/mol. The summed E-state index contributed by atoms with van der Waals surface area (Å²) < 4.78 is 4.75. The number of nitrogens with one attached hydrogen (secondary N) is 1. The van der Waals surface area contributed by atoms with Gasteiger partial charge in [-0.05, 0) is 18.3 Å². The van der Waals surface area contributed by atoms with Crippen LogP contribution in [0.5, 0.6) is 0 Å². The average molecular weight is 323 g/mol. The van der Waals surface area contributed by atoms with Crippen molar-refractivity contribution >= 4 is 33.3 Å². The van der Waals surface area contributed by atoms with Gasteiger partial charge in [-0.25, -0.2) is 14.8 Å². The minimum absolute atomic E-state index is 0.0247. The molecule has 2 rings (SSSR count). The van der Waals surface area contributed by atoms with Crippen molar-refractivity contribution in [2.75, 3.05) is 11.9 Å². The second kappa shape index (κ2) is 6.67. The summed E-state index contributed by atoms with van der Waals surface area (Å²) >= 11 is 0.697. The van der Waals surface area contributed by atoms with Crippen LogP contribution in [-0.4, -0.2) is 38.4 Å². The molecule has 0 radical (unpaired) electrons. The Kier molecular flexibility index (Phi) is 4.68. The van der Waals surface area contributed by atoms with E-state index >= 15 is 0 Å².